The first-order chi connectivity index (χ1) is 19.6. The monoisotopic (exact) mass is 594 g/mol. The summed E-state index contributed by atoms with van der Waals surface area (Å²) in [5.74, 6) is 0.661. The van der Waals surface area contributed by atoms with Crippen LogP contribution in [0, 0.1) is 0 Å². The maximum Gasteiger partial charge on any atom is 0.195 e. The lowest BCUT2D eigenvalue weighted by Crippen LogP contribution is -2.65. The molecule has 2 aliphatic heterocycles. The predicted octanol–water partition coefficient (Wildman–Crippen LogP) is 7.13. The van der Waals surface area contributed by atoms with Crippen molar-refractivity contribution in [2.75, 3.05) is 12.4 Å². The molecule has 41 heavy (non-hydrogen) atoms. The van der Waals surface area contributed by atoms with Gasteiger partial charge in [0.25, 0.3) is 0 Å². The highest BCUT2D eigenvalue weighted by atomic mass is 32.2. The zero-order valence-corrected chi connectivity index (χ0v) is 26.3. The highest BCUT2D eigenvalue weighted by molar-refractivity contribution is 7.99. The van der Waals surface area contributed by atoms with Gasteiger partial charge in [0, 0.05) is 16.2 Å². The van der Waals surface area contributed by atoms with Gasteiger partial charge >= 0.3 is 0 Å². The summed E-state index contributed by atoms with van der Waals surface area (Å²) in [6.45, 7) is 11.2. The Kier molecular flexibility index (Phi) is 9.73. The molecule has 5 rings (SSSR count). The quantitative estimate of drug-likeness (QED) is 0.209. The molecule has 0 amide bonds. The molecule has 220 valence electrons. The van der Waals surface area contributed by atoms with Gasteiger partial charge in [-0.15, -0.1) is 11.8 Å². The maximum absolute atomic E-state index is 11.9. The third-order valence-corrected chi connectivity index (χ3v) is 13.7. The third kappa shape index (κ3) is 7.32. The van der Waals surface area contributed by atoms with Gasteiger partial charge in [-0.1, -0.05) is 99.6 Å². The first kappa shape index (κ1) is 30.4. The largest absolute Gasteiger partial charge is 0.390 e. The minimum absolute atomic E-state index is 0.0529. The van der Waals surface area contributed by atoms with E-state index in [9.17, 15) is 5.11 Å². The second-order valence-electron chi connectivity index (χ2n) is 12.2. The number of fused-ring (bicyclic) bond motifs is 1. The summed E-state index contributed by atoms with van der Waals surface area (Å²) < 4.78 is 32.6. The molecule has 0 saturated carbocycles. The zero-order valence-electron chi connectivity index (χ0n) is 24.5. The van der Waals surface area contributed by atoms with Crippen molar-refractivity contribution in [2.45, 2.75) is 86.9 Å². The summed E-state index contributed by atoms with van der Waals surface area (Å²) in [7, 11) is -2.29. The second kappa shape index (κ2) is 13.1. The Labute approximate surface area is 249 Å². The lowest BCUT2D eigenvalue weighted by Gasteiger charge is -2.50. The number of aliphatic hydroxyl groups is 1. The summed E-state index contributed by atoms with van der Waals surface area (Å²) >= 11 is 1.72. The number of thioether (sulfide) groups is 1. The second-order valence-corrected chi connectivity index (χ2v) is 18.1. The fourth-order valence-corrected chi connectivity index (χ4v) is 6.90. The number of rotatable bonds is 9. The first-order valence-electron chi connectivity index (χ1n) is 14.3. The lowest BCUT2D eigenvalue weighted by atomic mass is 9.97. The van der Waals surface area contributed by atoms with Gasteiger partial charge < -0.3 is 28.5 Å². The van der Waals surface area contributed by atoms with Crippen molar-refractivity contribution in [1.82, 2.24) is 0 Å². The van der Waals surface area contributed by atoms with Crippen LogP contribution in [0.2, 0.25) is 18.1 Å². The van der Waals surface area contributed by atoms with Crippen molar-refractivity contribution >= 4 is 20.1 Å². The molecule has 3 aromatic carbocycles. The fourth-order valence-electron chi connectivity index (χ4n) is 4.81. The smallest absolute Gasteiger partial charge is 0.195 e. The highest BCUT2D eigenvalue weighted by Gasteiger charge is 2.53. The van der Waals surface area contributed by atoms with E-state index in [0.29, 0.717) is 5.75 Å². The number of ether oxygens (including phenoxy) is 4. The molecule has 7 atom stereocenters. The molecular formula is C33H42O6SSi. The van der Waals surface area contributed by atoms with Crippen LogP contribution in [-0.2, 0) is 23.4 Å². The molecule has 0 aromatic heterocycles. The Morgan fingerprint density at radius 3 is 2.15 bits per heavy atom. The number of aliphatic hydroxyl groups excluding tert-OH is 1. The highest BCUT2D eigenvalue weighted by Crippen LogP contribution is 2.42. The van der Waals surface area contributed by atoms with Gasteiger partial charge in [-0.3, -0.25) is 0 Å². The normalized spacial score (nSPS) is 27.7. The number of hydrogen-bond donors (Lipinski definition) is 1. The van der Waals surface area contributed by atoms with Gasteiger partial charge in [0.15, 0.2) is 20.9 Å². The van der Waals surface area contributed by atoms with E-state index in [1.54, 1.807) is 11.8 Å². The van der Waals surface area contributed by atoms with E-state index in [-0.39, 0.29) is 17.7 Å². The Bertz CT molecular complexity index is 1220. The minimum Gasteiger partial charge on any atom is -0.390 e. The molecule has 6 nitrogen and oxygen atoms in total. The van der Waals surface area contributed by atoms with Crippen LogP contribution in [-0.4, -0.2) is 56.5 Å². The SMILES string of the molecule is CC(C)(C)[Si](C)(C)O[C@@H]1O[C@@H]2COC(c3ccccc3)O[C@H]2[C@H](O)[C@H]1O[C@H](CSc1ccccc1)c1ccccc1. The topological polar surface area (TPSA) is 66.4 Å². The van der Waals surface area contributed by atoms with E-state index in [2.05, 4.69) is 58.1 Å². The Hall–Kier alpha value is -2.01. The Morgan fingerprint density at radius 2 is 1.51 bits per heavy atom. The molecule has 0 spiro atoms. The average molecular weight is 595 g/mol. The molecule has 1 N–H and O–H groups in total. The third-order valence-electron chi connectivity index (χ3n) is 8.24. The summed E-state index contributed by atoms with van der Waals surface area (Å²) in [4.78, 5) is 1.16. The van der Waals surface area contributed by atoms with Crippen LogP contribution in [0.1, 0.15) is 44.3 Å². The van der Waals surface area contributed by atoms with E-state index in [4.69, 9.17) is 23.4 Å². The summed E-state index contributed by atoms with van der Waals surface area (Å²) in [6.07, 6.45) is -4.51. The van der Waals surface area contributed by atoms with Crippen molar-refractivity contribution in [3.05, 3.63) is 102 Å². The predicted molar refractivity (Wildman–Crippen MR) is 164 cm³/mol. The summed E-state index contributed by atoms with van der Waals surface area (Å²) in [5.41, 5.74) is 1.93. The van der Waals surface area contributed by atoms with Crippen LogP contribution in [0.4, 0.5) is 0 Å². The molecule has 2 saturated heterocycles. The van der Waals surface area contributed by atoms with Gasteiger partial charge in [0.1, 0.15) is 24.4 Å². The zero-order chi connectivity index (χ0) is 29.0. The van der Waals surface area contributed by atoms with Crippen molar-refractivity contribution in [2.24, 2.45) is 0 Å². The van der Waals surface area contributed by atoms with Gasteiger partial charge in [-0.25, -0.2) is 0 Å². The van der Waals surface area contributed by atoms with Crippen molar-refractivity contribution in [1.29, 1.82) is 0 Å². The van der Waals surface area contributed by atoms with E-state index < -0.39 is 45.3 Å². The maximum atomic E-state index is 11.9. The molecule has 0 radical (unpaired) electrons. The standard InChI is InChI=1S/C33H42O6SSi/c1-33(2,3)41(4,5)39-32-30(28(34)29-26(37-32)21-35-31(38-29)24-17-11-7-12-18-24)36-27(23-15-9-6-10-16-23)22-40-25-19-13-8-14-20-25/h6-20,26-32,34H,21-22H2,1-5H3/t26-,27-,28+,29-,30-,31?,32+/m1/s1. The molecule has 0 aliphatic carbocycles. The summed E-state index contributed by atoms with van der Waals surface area (Å²) in [5, 5.41) is 11.9. The van der Waals surface area contributed by atoms with Crippen LogP contribution in [0.25, 0.3) is 0 Å². The molecule has 2 aliphatic rings. The lowest BCUT2D eigenvalue weighted by molar-refractivity contribution is -0.359. The fraction of sp³-hybridized carbons (Fsp3) is 0.455. The van der Waals surface area contributed by atoms with E-state index in [1.807, 2.05) is 66.7 Å². The molecular weight excluding hydrogens is 553 g/mol. The Balaban J connectivity index is 1.43. The van der Waals surface area contributed by atoms with Crippen LogP contribution in [0.3, 0.4) is 0 Å². The average Bonchev–Trinajstić information content (AvgIpc) is 2.97. The van der Waals surface area contributed by atoms with Crippen LogP contribution in [0.5, 0.6) is 0 Å². The van der Waals surface area contributed by atoms with E-state index in [1.165, 1.54) is 0 Å². The summed E-state index contributed by atoms with van der Waals surface area (Å²) in [6, 6.07) is 30.2. The van der Waals surface area contributed by atoms with Crippen LogP contribution >= 0.6 is 11.8 Å². The molecule has 8 heteroatoms. The number of benzene rings is 3. The van der Waals surface area contributed by atoms with E-state index >= 15 is 0 Å². The van der Waals surface area contributed by atoms with Crippen molar-refractivity contribution in [3.63, 3.8) is 0 Å². The van der Waals surface area contributed by atoms with Gasteiger partial charge in [0.05, 0.1) is 12.7 Å². The molecule has 3 aromatic rings. The molecule has 0 bridgehead atoms. The number of hydrogen-bond acceptors (Lipinski definition) is 7. The van der Waals surface area contributed by atoms with Crippen molar-refractivity contribution in [3.8, 4) is 0 Å². The van der Waals surface area contributed by atoms with Crippen LogP contribution < -0.4 is 0 Å². The van der Waals surface area contributed by atoms with Gasteiger partial charge in [-0.05, 0) is 35.8 Å². The van der Waals surface area contributed by atoms with Crippen molar-refractivity contribution < 1.29 is 28.5 Å². The first-order valence-corrected chi connectivity index (χ1v) is 18.2. The molecule has 2 fully saturated rings. The van der Waals surface area contributed by atoms with Crippen LogP contribution in [0.15, 0.2) is 95.9 Å². The molecule has 1 unspecified atom stereocenters. The Morgan fingerprint density at radius 1 is 0.902 bits per heavy atom. The van der Waals surface area contributed by atoms with E-state index in [0.717, 1.165) is 16.0 Å². The van der Waals surface area contributed by atoms with Gasteiger partial charge in [0.2, 0.25) is 0 Å². The minimum atomic E-state index is -2.29. The van der Waals surface area contributed by atoms with Gasteiger partial charge in [-0.2, -0.15) is 0 Å². The molecule has 2 heterocycles.